The molecule has 0 aliphatic carbocycles. The first-order chi connectivity index (χ1) is 17.7. The predicted octanol–water partition coefficient (Wildman–Crippen LogP) is 4.25. The standard InChI is InChI=1S/C27H22N6O3/c1-17-6-2-3-7-23(17)33-26(31-10-4-5-11-31)19-14-32(15-22(19)30-33)27(34)21-13-20(28-29-21)18-8-9-24-25(12-18)36-16-35-24/h2-13H,14-16H2,1H3,(H,28,29). The van der Waals surface area contributed by atoms with Crippen LogP contribution in [0.5, 0.6) is 11.5 Å². The van der Waals surface area contributed by atoms with Gasteiger partial charge < -0.3 is 18.9 Å². The van der Waals surface area contributed by atoms with Gasteiger partial charge in [-0.05, 0) is 55.0 Å². The van der Waals surface area contributed by atoms with Gasteiger partial charge in [-0.25, -0.2) is 4.68 Å². The predicted molar refractivity (Wildman–Crippen MR) is 131 cm³/mol. The Morgan fingerprint density at radius 3 is 2.67 bits per heavy atom. The summed E-state index contributed by atoms with van der Waals surface area (Å²) < 4.78 is 14.9. The molecule has 0 atom stereocenters. The summed E-state index contributed by atoms with van der Waals surface area (Å²) in [5.41, 5.74) is 6.05. The number of aromatic nitrogens is 5. The van der Waals surface area contributed by atoms with Crippen molar-refractivity contribution in [1.82, 2.24) is 29.4 Å². The molecule has 1 N–H and O–H groups in total. The number of nitrogens with zero attached hydrogens (tertiary/aromatic N) is 5. The van der Waals surface area contributed by atoms with E-state index in [1.54, 1.807) is 11.0 Å². The number of hydrogen-bond acceptors (Lipinski definition) is 5. The fourth-order valence-electron chi connectivity index (χ4n) is 4.86. The minimum absolute atomic E-state index is 0.117. The number of rotatable bonds is 4. The van der Waals surface area contributed by atoms with Crippen molar-refractivity contribution < 1.29 is 14.3 Å². The fourth-order valence-corrected chi connectivity index (χ4v) is 4.86. The Bertz CT molecular complexity index is 1610. The Kier molecular flexibility index (Phi) is 4.50. The van der Waals surface area contributed by atoms with E-state index in [1.165, 1.54) is 0 Å². The Morgan fingerprint density at radius 1 is 0.972 bits per heavy atom. The lowest BCUT2D eigenvalue weighted by molar-refractivity contribution is 0.0743. The summed E-state index contributed by atoms with van der Waals surface area (Å²) in [5.74, 6) is 2.22. The van der Waals surface area contributed by atoms with Gasteiger partial charge in [-0.3, -0.25) is 9.89 Å². The van der Waals surface area contributed by atoms with Gasteiger partial charge in [0.2, 0.25) is 6.79 Å². The highest BCUT2D eigenvalue weighted by molar-refractivity contribution is 5.93. The number of hydrogen-bond donors (Lipinski definition) is 1. The molecule has 0 saturated heterocycles. The third-order valence-electron chi connectivity index (χ3n) is 6.69. The van der Waals surface area contributed by atoms with Gasteiger partial charge in [0, 0.05) is 23.5 Å². The third-order valence-corrected chi connectivity index (χ3v) is 6.69. The van der Waals surface area contributed by atoms with Crippen LogP contribution in [-0.4, -0.2) is 42.1 Å². The number of carbonyl (C=O) groups excluding carboxylic acids is 1. The van der Waals surface area contributed by atoms with Crippen LogP contribution in [0.4, 0.5) is 0 Å². The molecule has 0 unspecified atom stereocenters. The van der Waals surface area contributed by atoms with Crippen LogP contribution in [-0.2, 0) is 13.1 Å². The van der Waals surface area contributed by atoms with Crippen molar-refractivity contribution >= 4 is 5.91 Å². The molecule has 9 heteroatoms. The van der Waals surface area contributed by atoms with Gasteiger partial charge in [0.25, 0.3) is 5.91 Å². The molecule has 0 radical (unpaired) electrons. The molecule has 5 aromatic rings. The Hall–Kier alpha value is -4.79. The highest BCUT2D eigenvalue weighted by Crippen LogP contribution is 2.36. The molecule has 5 heterocycles. The van der Waals surface area contributed by atoms with E-state index in [0.717, 1.165) is 33.9 Å². The maximum atomic E-state index is 13.4. The summed E-state index contributed by atoms with van der Waals surface area (Å²) >= 11 is 0. The van der Waals surface area contributed by atoms with Crippen molar-refractivity contribution in [3.63, 3.8) is 0 Å². The average Bonchev–Trinajstić information content (AvgIpc) is 3.70. The number of benzene rings is 2. The SMILES string of the molecule is Cc1ccccc1-n1nc2c(c1-n1cccc1)CN(C(=O)c1cc(-c3ccc4c(c3)OCO4)n[nH]1)C2. The molecule has 1 amide bonds. The zero-order valence-corrected chi connectivity index (χ0v) is 19.5. The van der Waals surface area contributed by atoms with Crippen LogP contribution in [0, 0.1) is 6.92 Å². The van der Waals surface area contributed by atoms with Crippen LogP contribution >= 0.6 is 0 Å². The van der Waals surface area contributed by atoms with Crippen molar-refractivity contribution in [1.29, 1.82) is 0 Å². The molecule has 9 nitrogen and oxygen atoms in total. The maximum Gasteiger partial charge on any atom is 0.272 e. The van der Waals surface area contributed by atoms with E-state index >= 15 is 0 Å². The average molecular weight is 479 g/mol. The Labute approximate surface area is 206 Å². The van der Waals surface area contributed by atoms with E-state index in [-0.39, 0.29) is 12.7 Å². The van der Waals surface area contributed by atoms with Gasteiger partial charge in [-0.15, -0.1) is 0 Å². The summed E-state index contributed by atoms with van der Waals surface area (Å²) in [7, 11) is 0. The van der Waals surface area contributed by atoms with Crippen LogP contribution in [0.25, 0.3) is 22.8 Å². The molecule has 3 aromatic heterocycles. The van der Waals surface area contributed by atoms with E-state index in [4.69, 9.17) is 14.6 Å². The molecule has 36 heavy (non-hydrogen) atoms. The highest BCUT2D eigenvalue weighted by atomic mass is 16.7. The van der Waals surface area contributed by atoms with Crippen molar-refractivity contribution in [2.45, 2.75) is 20.0 Å². The van der Waals surface area contributed by atoms with Gasteiger partial charge in [0.15, 0.2) is 11.5 Å². The molecular weight excluding hydrogens is 456 g/mol. The summed E-state index contributed by atoms with van der Waals surface area (Å²) in [6.45, 7) is 3.18. The molecule has 2 aliphatic heterocycles. The highest BCUT2D eigenvalue weighted by Gasteiger charge is 2.33. The van der Waals surface area contributed by atoms with Crippen LogP contribution in [0.1, 0.15) is 27.3 Å². The van der Waals surface area contributed by atoms with Gasteiger partial charge in [-0.1, -0.05) is 18.2 Å². The number of nitrogens with one attached hydrogen (secondary N) is 1. The molecular formula is C27H22N6O3. The number of carbonyl (C=O) groups is 1. The second-order valence-corrected chi connectivity index (χ2v) is 8.93. The lowest BCUT2D eigenvalue weighted by atomic mass is 10.1. The van der Waals surface area contributed by atoms with E-state index < -0.39 is 0 Å². The van der Waals surface area contributed by atoms with E-state index in [1.807, 2.05) is 59.5 Å². The van der Waals surface area contributed by atoms with Crippen molar-refractivity contribution in [3.05, 3.63) is 95.6 Å². The normalized spacial score (nSPS) is 13.9. The molecule has 0 fully saturated rings. The van der Waals surface area contributed by atoms with Crippen LogP contribution in [0.3, 0.4) is 0 Å². The topological polar surface area (TPSA) is 90.2 Å². The number of H-pyrrole nitrogens is 1. The van der Waals surface area contributed by atoms with Gasteiger partial charge in [0.05, 0.1) is 30.2 Å². The second-order valence-electron chi connectivity index (χ2n) is 8.93. The molecule has 2 aliphatic rings. The number of aromatic amines is 1. The largest absolute Gasteiger partial charge is 0.454 e. The molecule has 2 aromatic carbocycles. The minimum atomic E-state index is -0.117. The maximum absolute atomic E-state index is 13.4. The fraction of sp³-hybridized carbons (Fsp3) is 0.148. The van der Waals surface area contributed by atoms with Gasteiger partial charge in [-0.2, -0.15) is 10.2 Å². The van der Waals surface area contributed by atoms with Crippen LogP contribution in [0.15, 0.2) is 73.1 Å². The Balaban J connectivity index is 1.19. The summed E-state index contributed by atoms with van der Waals surface area (Å²) in [5, 5.41) is 12.2. The van der Waals surface area contributed by atoms with E-state index in [2.05, 4.69) is 33.8 Å². The van der Waals surface area contributed by atoms with Crippen LogP contribution < -0.4 is 9.47 Å². The lowest BCUT2D eigenvalue weighted by Crippen LogP contribution is -2.26. The second kappa shape index (κ2) is 7.88. The number of para-hydroxylation sites is 1. The van der Waals surface area contributed by atoms with Gasteiger partial charge in [0.1, 0.15) is 11.5 Å². The molecule has 7 rings (SSSR count). The number of ether oxygens (including phenoxy) is 2. The number of amides is 1. The van der Waals surface area contributed by atoms with Crippen molar-refractivity contribution in [2.24, 2.45) is 0 Å². The monoisotopic (exact) mass is 478 g/mol. The Morgan fingerprint density at radius 2 is 1.81 bits per heavy atom. The number of aryl methyl sites for hydroxylation is 1. The van der Waals surface area contributed by atoms with Gasteiger partial charge >= 0.3 is 0 Å². The first-order valence-electron chi connectivity index (χ1n) is 11.7. The quantitative estimate of drug-likeness (QED) is 0.417. The van der Waals surface area contributed by atoms with E-state index in [9.17, 15) is 4.79 Å². The summed E-state index contributed by atoms with van der Waals surface area (Å²) in [6, 6.07) is 19.6. The van der Waals surface area contributed by atoms with Crippen molar-refractivity contribution in [2.75, 3.05) is 6.79 Å². The molecule has 0 saturated carbocycles. The number of fused-ring (bicyclic) bond motifs is 2. The van der Waals surface area contributed by atoms with E-state index in [0.29, 0.717) is 36.0 Å². The zero-order valence-electron chi connectivity index (χ0n) is 19.5. The molecule has 0 bridgehead atoms. The summed E-state index contributed by atoms with van der Waals surface area (Å²) in [4.78, 5) is 15.2. The first kappa shape index (κ1) is 20.6. The first-order valence-corrected chi connectivity index (χ1v) is 11.7. The van der Waals surface area contributed by atoms with Crippen LogP contribution in [0.2, 0.25) is 0 Å². The smallest absolute Gasteiger partial charge is 0.272 e. The zero-order chi connectivity index (χ0) is 24.2. The molecule has 0 spiro atoms. The third kappa shape index (κ3) is 3.20. The minimum Gasteiger partial charge on any atom is -0.454 e. The van der Waals surface area contributed by atoms with Crippen molar-refractivity contribution in [3.8, 4) is 34.3 Å². The molecule has 178 valence electrons. The summed E-state index contributed by atoms with van der Waals surface area (Å²) in [6.07, 6.45) is 4.01. The lowest BCUT2D eigenvalue weighted by Gasteiger charge is -2.17.